The average Bonchev–Trinajstić information content (AvgIpc) is 3.64. The zero-order valence-corrected chi connectivity index (χ0v) is 29.0. The van der Waals surface area contributed by atoms with E-state index in [9.17, 15) is 5.26 Å². The first kappa shape index (κ1) is 35.2. The summed E-state index contributed by atoms with van der Waals surface area (Å²) < 4.78 is 25.5. The van der Waals surface area contributed by atoms with Crippen LogP contribution in [0.4, 0.5) is 11.6 Å². The summed E-state index contributed by atoms with van der Waals surface area (Å²) in [6.07, 6.45) is 13.5. The Morgan fingerprint density at radius 1 is 1.04 bits per heavy atom. The van der Waals surface area contributed by atoms with Crippen molar-refractivity contribution in [1.29, 1.82) is 16.2 Å². The van der Waals surface area contributed by atoms with Gasteiger partial charge in [0, 0.05) is 56.2 Å². The monoisotopic (exact) mass is 685 g/mol. The number of rotatable bonds is 16. The zero-order valence-electron chi connectivity index (χ0n) is 29.0. The van der Waals surface area contributed by atoms with Crippen LogP contribution >= 0.6 is 0 Å². The second kappa shape index (κ2) is 16.4. The van der Waals surface area contributed by atoms with Crippen molar-refractivity contribution in [3.05, 3.63) is 42.4 Å². The Morgan fingerprint density at radius 3 is 2.40 bits per heavy atom. The molecular weight excluding hydrogens is 638 g/mol. The molecule has 3 fully saturated rings. The highest BCUT2D eigenvalue weighted by Gasteiger charge is 2.42. The minimum Gasteiger partial charge on any atom is -0.487 e. The van der Waals surface area contributed by atoms with Gasteiger partial charge in [0.05, 0.1) is 43.7 Å². The fraction of sp³-hybridized carbons (Fsp3) is 0.571. The maximum absolute atomic E-state index is 9.65. The SMILES string of the molecule is COCCC(C)Oc1nn([C@H]2CC[C@H](N3[C@@H]4CC[C@H]3COC4)CC2)cc1Nc1ncc(-c2ccc(C#N)c(O[C@@H](C)CN(C=N)N=N)c2)cn1. The van der Waals surface area contributed by atoms with Crippen molar-refractivity contribution < 1.29 is 18.9 Å². The third-order valence-corrected chi connectivity index (χ3v) is 9.88. The number of aromatic nitrogens is 4. The highest BCUT2D eigenvalue weighted by molar-refractivity contribution is 5.67. The molecule has 4 atom stereocenters. The summed E-state index contributed by atoms with van der Waals surface area (Å²) in [5.74, 6) is 1.30. The predicted molar refractivity (Wildman–Crippen MR) is 186 cm³/mol. The minimum absolute atomic E-state index is 0.0975. The summed E-state index contributed by atoms with van der Waals surface area (Å²) in [6, 6.07) is 9.48. The first-order valence-corrected chi connectivity index (χ1v) is 17.4. The number of nitriles is 1. The third kappa shape index (κ3) is 8.20. The van der Waals surface area contributed by atoms with Gasteiger partial charge in [-0.3, -0.25) is 15.0 Å². The lowest BCUT2D eigenvalue weighted by molar-refractivity contribution is -0.0458. The summed E-state index contributed by atoms with van der Waals surface area (Å²) in [7, 11) is 1.69. The van der Waals surface area contributed by atoms with Crippen LogP contribution in [0.1, 0.15) is 70.4 Å². The van der Waals surface area contributed by atoms with E-state index in [1.165, 1.54) is 12.8 Å². The number of hydrogen-bond donors (Lipinski definition) is 3. The molecule has 3 aliphatic rings. The molecule has 2 bridgehead atoms. The van der Waals surface area contributed by atoms with Gasteiger partial charge in [0.15, 0.2) is 0 Å². The lowest BCUT2D eigenvalue weighted by Crippen LogP contribution is -2.52. The fourth-order valence-electron chi connectivity index (χ4n) is 7.34. The van der Waals surface area contributed by atoms with Gasteiger partial charge in [0.1, 0.15) is 29.9 Å². The summed E-state index contributed by atoms with van der Waals surface area (Å²) in [5, 5.41) is 29.7. The van der Waals surface area contributed by atoms with E-state index >= 15 is 0 Å². The number of benzene rings is 1. The molecule has 15 nitrogen and oxygen atoms in total. The molecule has 2 aliphatic heterocycles. The Hall–Kier alpha value is -4.65. The van der Waals surface area contributed by atoms with Crippen LogP contribution in [-0.2, 0) is 9.47 Å². The van der Waals surface area contributed by atoms with E-state index in [1.807, 2.05) is 19.2 Å². The number of nitrogens with one attached hydrogen (secondary N) is 3. The Morgan fingerprint density at radius 2 is 1.74 bits per heavy atom. The number of anilines is 2. The molecule has 0 radical (unpaired) electrons. The first-order chi connectivity index (χ1) is 24.4. The normalized spacial score (nSPS) is 23.0. The molecule has 3 aromatic rings. The molecule has 50 heavy (non-hydrogen) atoms. The Bertz CT molecular complexity index is 1610. The molecule has 1 aliphatic carbocycles. The van der Waals surface area contributed by atoms with Crippen LogP contribution in [0.5, 0.6) is 11.6 Å². The molecule has 4 heterocycles. The maximum atomic E-state index is 9.65. The van der Waals surface area contributed by atoms with Gasteiger partial charge in [-0.05, 0) is 70.1 Å². The van der Waals surface area contributed by atoms with Crippen LogP contribution in [0, 0.1) is 22.3 Å². The van der Waals surface area contributed by atoms with Gasteiger partial charge in [0.2, 0.25) is 5.95 Å². The molecular formula is C35H47N11O4. The molecule has 6 rings (SSSR count). The summed E-state index contributed by atoms with van der Waals surface area (Å²) in [5.41, 5.74) is 9.75. The van der Waals surface area contributed by atoms with Gasteiger partial charge >= 0.3 is 0 Å². The van der Waals surface area contributed by atoms with E-state index in [1.54, 1.807) is 38.6 Å². The lowest BCUT2D eigenvalue weighted by atomic mass is 9.89. The third-order valence-electron chi connectivity index (χ3n) is 9.88. The summed E-state index contributed by atoms with van der Waals surface area (Å²) in [6.45, 7) is 6.32. The number of fused-ring (bicyclic) bond motifs is 2. The molecule has 0 spiro atoms. The number of hydrogen-bond acceptors (Lipinski definition) is 13. The van der Waals surface area contributed by atoms with Gasteiger partial charge in [-0.15, -0.1) is 5.10 Å². The van der Waals surface area contributed by atoms with Crippen LogP contribution in [0.2, 0.25) is 0 Å². The first-order valence-electron chi connectivity index (χ1n) is 17.4. The van der Waals surface area contributed by atoms with E-state index < -0.39 is 6.10 Å². The van der Waals surface area contributed by atoms with Gasteiger partial charge < -0.3 is 24.3 Å². The molecule has 2 aromatic heterocycles. The van der Waals surface area contributed by atoms with Crippen LogP contribution in [0.25, 0.3) is 11.1 Å². The predicted octanol–water partition coefficient (Wildman–Crippen LogP) is 5.73. The van der Waals surface area contributed by atoms with E-state index in [4.69, 9.17) is 35.0 Å². The minimum atomic E-state index is -0.430. The van der Waals surface area contributed by atoms with E-state index in [2.05, 4.69) is 36.2 Å². The van der Waals surface area contributed by atoms with Crippen molar-refractivity contribution in [3.8, 4) is 28.8 Å². The zero-order chi connectivity index (χ0) is 35.0. The molecule has 3 N–H and O–H groups in total. The fourth-order valence-corrected chi connectivity index (χ4v) is 7.34. The molecule has 2 saturated heterocycles. The van der Waals surface area contributed by atoms with E-state index in [0.29, 0.717) is 53.6 Å². The highest BCUT2D eigenvalue weighted by atomic mass is 16.5. The van der Waals surface area contributed by atoms with Crippen LogP contribution in [-0.4, -0.2) is 99.8 Å². The molecule has 1 aromatic carbocycles. The van der Waals surface area contributed by atoms with Crippen LogP contribution in [0.3, 0.4) is 0 Å². The lowest BCUT2D eigenvalue weighted by Gasteiger charge is -2.43. The van der Waals surface area contributed by atoms with E-state index in [-0.39, 0.29) is 18.7 Å². The number of ether oxygens (including phenoxy) is 4. The quantitative estimate of drug-likeness (QED) is 0.0725. The van der Waals surface area contributed by atoms with Gasteiger partial charge in [-0.25, -0.2) is 15.0 Å². The highest BCUT2D eigenvalue weighted by Crippen LogP contribution is 2.39. The Labute approximate surface area is 292 Å². The largest absolute Gasteiger partial charge is 0.487 e. The number of morpholine rings is 1. The molecule has 266 valence electrons. The van der Waals surface area contributed by atoms with E-state index in [0.717, 1.165) is 67.8 Å². The summed E-state index contributed by atoms with van der Waals surface area (Å²) >= 11 is 0. The van der Waals surface area contributed by atoms with Crippen molar-refractivity contribution in [2.75, 3.05) is 38.8 Å². The molecule has 15 heteroatoms. The van der Waals surface area contributed by atoms with Crippen molar-refractivity contribution in [2.24, 2.45) is 5.22 Å². The topological polar surface area (TPSA) is 183 Å². The second-order valence-electron chi connectivity index (χ2n) is 13.4. The Balaban J connectivity index is 1.15. The van der Waals surface area contributed by atoms with Crippen molar-refractivity contribution in [1.82, 2.24) is 29.7 Å². The summed E-state index contributed by atoms with van der Waals surface area (Å²) in [4.78, 5) is 12.0. The second-order valence-corrected chi connectivity index (χ2v) is 13.4. The standard InChI is InChI=1S/C35H47N11O4/c1-23(12-13-47-3)50-34-32(19-45(42-34)28-6-8-29(9-7-28)46-30-10-11-31(46)21-48-20-30)41-35-39-16-27(17-40-35)25-4-5-26(15-36)33(14-25)49-24(2)18-44(22-37)43-38/h4-5,14,16-17,19,22-24,28-31,37-38H,6-13,18,20-21H2,1-3H3,(H,39,40,41)/t23?,24-,28-,29-,30-,31+/m0/s1. The molecule has 1 unspecified atom stereocenters. The van der Waals surface area contributed by atoms with Gasteiger partial charge in [-0.1, -0.05) is 11.3 Å². The maximum Gasteiger partial charge on any atom is 0.257 e. The number of methoxy groups -OCH3 is 1. The number of nitrogens with zero attached hydrogens (tertiary/aromatic N) is 8. The van der Waals surface area contributed by atoms with Crippen molar-refractivity contribution >= 4 is 18.0 Å². The molecule has 0 amide bonds. The van der Waals surface area contributed by atoms with Gasteiger partial charge in [0.25, 0.3) is 5.88 Å². The molecule has 1 saturated carbocycles. The average molecular weight is 686 g/mol. The van der Waals surface area contributed by atoms with Crippen LogP contribution < -0.4 is 14.8 Å². The Kier molecular flexibility index (Phi) is 11.5. The van der Waals surface area contributed by atoms with Crippen molar-refractivity contribution in [3.63, 3.8) is 0 Å². The van der Waals surface area contributed by atoms with Gasteiger partial charge in [-0.2, -0.15) is 10.8 Å². The van der Waals surface area contributed by atoms with Crippen LogP contribution in [0.15, 0.2) is 42.0 Å². The smallest absolute Gasteiger partial charge is 0.257 e. The van der Waals surface area contributed by atoms with Crippen molar-refractivity contribution in [2.45, 2.75) is 95.2 Å².